The zero-order valence-electron chi connectivity index (χ0n) is 12.2. The molecule has 0 saturated heterocycles. The number of rotatable bonds is 3. The SMILES string of the molecule is N#Cc1ccc(/C=C/C(=O)Nc2cccc3ncccc23)cc1. The minimum atomic E-state index is -0.217. The molecule has 4 heteroatoms. The zero-order valence-corrected chi connectivity index (χ0v) is 12.2. The smallest absolute Gasteiger partial charge is 0.248 e. The third kappa shape index (κ3) is 3.42. The Morgan fingerprint density at radius 2 is 1.91 bits per heavy atom. The fraction of sp³-hybridized carbons (Fsp3) is 0. The van der Waals surface area contributed by atoms with Gasteiger partial charge in [0.15, 0.2) is 0 Å². The summed E-state index contributed by atoms with van der Waals surface area (Å²) in [6.45, 7) is 0. The van der Waals surface area contributed by atoms with E-state index in [0.29, 0.717) is 5.56 Å². The van der Waals surface area contributed by atoms with Crippen LogP contribution < -0.4 is 5.32 Å². The lowest BCUT2D eigenvalue weighted by atomic mass is 10.1. The molecule has 0 radical (unpaired) electrons. The molecular formula is C19H13N3O. The highest BCUT2D eigenvalue weighted by Crippen LogP contribution is 2.21. The Kier molecular flexibility index (Phi) is 4.12. The number of anilines is 1. The predicted molar refractivity (Wildman–Crippen MR) is 90.6 cm³/mol. The third-order valence-electron chi connectivity index (χ3n) is 3.37. The van der Waals surface area contributed by atoms with Crippen molar-refractivity contribution >= 4 is 28.6 Å². The average molecular weight is 299 g/mol. The predicted octanol–water partition coefficient (Wildman–Crippen LogP) is 3.76. The Bertz CT molecular complexity index is 916. The van der Waals surface area contributed by atoms with Gasteiger partial charge in [-0.15, -0.1) is 0 Å². The summed E-state index contributed by atoms with van der Waals surface area (Å²) in [4.78, 5) is 16.3. The molecule has 0 aliphatic carbocycles. The second-order valence-corrected chi connectivity index (χ2v) is 4.93. The number of nitriles is 1. The number of nitrogens with zero attached hydrogens (tertiary/aromatic N) is 2. The van der Waals surface area contributed by atoms with Crippen LogP contribution in [-0.2, 0) is 4.79 Å². The van der Waals surface area contributed by atoms with E-state index in [1.165, 1.54) is 6.08 Å². The average Bonchev–Trinajstić information content (AvgIpc) is 2.61. The first-order valence-electron chi connectivity index (χ1n) is 7.09. The Labute approximate surface area is 133 Å². The number of fused-ring (bicyclic) bond motifs is 1. The maximum Gasteiger partial charge on any atom is 0.248 e. The molecule has 2 aromatic carbocycles. The minimum Gasteiger partial charge on any atom is -0.322 e. The van der Waals surface area contributed by atoms with Crippen LogP contribution in [0, 0.1) is 11.3 Å². The van der Waals surface area contributed by atoms with Crippen LogP contribution in [0.25, 0.3) is 17.0 Å². The van der Waals surface area contributed by atoms with E-state index in [4.69, 9.17) is 5.26 Å². The van der Waals surface area contributed by atoms with Crippen molar-refractivity contribution in [3.05, 3.63) is 78.0 Å². The van der Waals surface area contributed by atoms with Crippen LogP contribution >= 0.6 is 0 Å². The molecule has 1 N–H and O–H groups in total. The van der Waals surface area contributed by atoms with E-state index in [0.717, 1.165) is 22.2 Å². The van der Waals surface area contributed by atoms with Crippen LogP contribution in [0.2, 0.25) is 0 Å². The van der Waals surface area contributed by atoms with Gasteiger partial charge in [-0.2, -0.15) is 5.26 Å². The van der Waals surface area contributed by atoms with Gasteiger partial charge in [0.1, 0.15) is 0 Å². The Balaban J connectivity index is 1.75. The van der Waals surface area contributed by atoms with E-state index in [2.05, 4.69) is 16.4 Å². The summed E-state index contributed by atoms with van der Waals surface area (Å²) in [7, 11) is 0. The number of hydrogen-bond donors (Lipinski definition) is 1. The highest BCUT2D eigenvalue weighted by atomic mass is 16.1. The number of aromatic nitrogens is 1. The van der Waals surface area contributed by atoms with Crippen molar-refractivity contribution in [3.63, 3.8) is 0 Å². The van der Waals surface area contributed by atoms with Crippen LogP contribution in [-0.4, -0.2) is 10.9 Å². The molecule has 0 spiro atoms. The molecule has 0 atom stereocenters. The quantitative estimate of drug-likeness (QED) is 0.749. The van der Waals surface area contributed by atoms with Crippen molar-refractivity contribution in [3.8, 4) is 6.07 Å². The van der Waals surface area contributed by atoms with E-state index >= 15 is 0 Å². The van der Waals surface area contributed by atoms with E-state index in [1.54, 1.807) is 36.5 Å². The molecule has 23 heavy (non-hydrogen) atoms. The third-order valence-corrected chi connectivity index (χ3v) is 3.37. The van der Waals surface area contributed by atoms with Crippen LogP contribution in [0.3, 0.4) is 0 Å². The number of nitrogens with one attached hydrogen (secondary N) is 1. The van der Waals surface area contributed by atoms with Gasteiger partial charge in [0.25, 0.3) is 0 Å². The first kappa shape index (κ1) is 14.5. The van der Waals surface area contributed by atoms with E-state index in [-0.39, 0.29) is 5.91 Å². The second-order valence-electron chi connectivity index (χ2n) is 4.93. The van der Waals surface area contributed by atoms with Crippen molar-refractivity contribution in [1.29, 1.82) is 5.26 Å². The largest absolute Gasteiger partial charge is 0.322 e. The molecule has 0 bridgehead atoms. The van der Waals surface area contributed by atoms with Crippen LogP contribution in [0.15, 0.2) is 66.9 Å². The molecule has 1 heterocycles. The summed E-state index contributed by atoms with van der Waals surface area (Å²) >= 11 is 0. The molecule has 3 rings (SSSR count). The molecule has 0 unspecified atom stereocenters. The number of carbonyl (C=O) groups is 1. The van der Waals surface area contributed by atoms with Gasteiger partial charge in [0, 0.05) is 17.7 Å². The highest BCUT2D eigenvalue weighted by molar-refractivity contribution is 6.06. The lowest BCUT2D eigenvalue weighted by Gasteiger charge is -2.06. The van der Waals surface area contributed by atoms with Gasteiger partial charge in [-0.25, -0.2) is 0 Å². The summed E-state index contributed by atoms with van der Waals surface area (Å²) in [6, 6.07) is 18.4. The second kappa shape index (κ2) is 6.54. The molecule has 0 fully saturated rings. The standard InChI is InChI=1S/C19H13N3O/c20-13-15-8-6-14(7-9-15)10-11-19(23)22-18-5-1-4-17-16(18)3-2-12-21-17/h1-12H,(H,22,23)/b11-10+. The van der Waals surface area contributed by atoms with E-state index < -0.39 is 0 Å². The summed E-state index contributed by atoms with van der Waals surface area (Å²) < 4.78 is 0. The van der Waals surface area contributed by atoms with Gasteiger partial charge in [-0.3, -0.25) is 9.78 Å². The summed E-state index contributed by atoms with van der Waals surface area (Å²) in [5.74, 6) is -0.217. The van der Waals surface area contributed by atoms with Crippen molar-refractivity contribution in [2.75, 3.05) is 5.32 Å². The van der Waals surface area contributed by atoms with Crippen molar-refractivity contribution in [2.24, 2.45) is 0 Å². The van der Waals surface area contributed by atoms with Crippen LogP contribution in [0.1, 0.15) is 11.1 Å². The Hall–Kier alpha value is -3.45. The Morgan fingerprint density at radius 3 is 2.70 bits per heavy atom. The van der Waals surface area contributed by atoms with Gasteiger partial charge in [0.2, 0.25) is 5.91 Å². The highest BCUT2D eigenvalue weighted by Gasteiger charge is 2.03. The molecule has 110 valence electrons. The Morgan fingerprint density at radius 1 is 1.09 bits per heavy atom. The van der Waals surface area contributed by atoms with E-state index in [1.807, 2.05) is 30.3 Å². The molecule has 3 aromatic rings. The maximum atomic E-state index is 12.1. The molecule has 0 aliphatic rings. The van der Waals surface area contributed by atoms with E-state index in [9.17, 15) is 4.79 Å². The molecular weight excluding hydrogens is 286 g/mol. The van der Waals surface area contributed by atoms with Crippen LogP contribution in [0.4, 0.5) is 5.69 Å². The van der Waals surface area contributed by atoms with Gasteiger partial charge >= 0.3 is 0 Å². The lowest BCUT2D eigenvalue weighted by molar-refractivity contribution is -0.111. The lowest BCUT2D eigenvalue weighted by Crippen LogP contribution is -2.08. The van der Waals surface area contributed by atoms with Gasteiger partial charge in [-0.05, 0) is 48.0 Å². The molecule has 0 aliphatic heterocycles. The van der Waals surface area contributed by atoms with Gasteiger partial charge < -0.3 is 5.32 Å². The molecule has 1 aromatic heterocycles. The first-order valence-corrected chi connectivity index (χ1v) is 7.09. The van der Waals surface area contributed by atoms with Crippen molar-refractivity contribution < 1.29 is 4.79 Å². The summed E-state index contributed by atoms with van der Waals surface area (Å²) in [5, 5.41) is 12.5. The fourth-order valence-electron chi connectivity index (χ4n) is 2.23. The zero-order chi connectivity index (χ0) is 16.1. The molecule has 1 amide bonds. The summed E-state index contributed by atoms with van der Waals surface area (Å²) in [5.41, 5.74) is 3.01. The summed E-state index contributed by atoms with van der Waals surface area (Å²) in [6.07, 6.45) is 4.90. The van der Waals surface area contributed by atoms with Crippen molar-refractivity contribution in [2.45, 2.75) is 0 Å². The first-order chi connectivity index (χ1) is 11.3. The fourth-order valence-corrected chi connectivity index (χ4v) is 2.23. The number of amides is 1. The number of carbonyl (C=O) groups excluding carboxylic acids is 1. The van der Waals surface area contributed by atoms with Crippen molar-refractivity contribution in [1.82, 2.24) is 4.98 Å². The van der Waals surface area contributed by atoms with Gasteiger partial charge in [0.05, 0.1) is 22.8 Å². The topological polar surface area (TPSA) is 65.8 Å². The number of pyridine rings is 1. The minimum absolute atomic E-state index is 0.217. The number of benzene rings is 2. The van der Waals surface area contributed by atoms with Crippen LogP contribution in [0.5, 0.6) is 0 Å². The maximum absolute atomic E-state index is 12.1. The van der Waals surface area contributed by atoms with Gasteiger partial charge in [-0.1, -0.05) is 18.2 Å². The monoisotopic (exact) mass is 299 g/mol. The molecule has 4 nitrogen and oxygen atoms in total. The number of hydrogen-bond acceptors (Lipinski definition) is 3. The molecule has 0 saturated carbocycles. The normalized spacial score (nSPS) is 10.6.